The predicted octanol–water partition coefficient (Wildman–Crippen LogP) is 4.57. The van der Waals surface area contributed by atoms with Crippen molar-refractivity contribution in [2.75, 3.05) is 5.32 Å². The zero-order valence-corrected chi connectivity index (χ0v) is 14.7. The van der Waals surface area contributed by atoms with Gasteiger partial charge in [-0.3, -0.25) is 0 Å². The van der Waals surface area contributed by atoms with Gasteiger partial charge in [0, 0.05) is 16.6 Å². The summed E-state index contributed by atoms with van der Waals surface area (Å²) in [6.07, 6.45) is 1.37. The average Bonchev–Trinajstić information content (AvgIpc) is 2.29. The monoisotopic (exact) mass is 374 g/mol. The molecule has 0 saturated heterocycles. The molecule has 6 heteroatoms. The molecule has 0 aliphatic heterocycles. The molecular formula is C15H20BrClN2O2. The molecule has 1 fully saturated rings. The van der Waals surface area contributed by atoms with Gasteiger partial charge in [-0.05, 0) is 61.7 Å². The number of hydrogen-bond acceptors (Lipinski definition) is 3. The van der Waals surface area contributed by atoms with Gasteiger partial charge in [0.25, 0.3) is 0 Å². The number of alkyl carbamates (subject to hydrolysis) is 1. The number of ether oxygens (including phenoxy) is 1. The van der Waals surface area contributed by atoms with E-state index in [1.807, 2.05) is 39.0 Å². The van der Waals surface area contributed by atoms with Crippen LogP contribution in [0.5, 0.6) is 0 Å². The van der Waals surface area contributed by atoms with Crippen LogP contribution in [-0.2, 0) is 4.74 Å². The van der Waals surface area contributed by atoms with Crippen LogP contribution in [-0.4, -0.2) is 23.8 Å². The van der Waals surface area contributed by atoms with Gasteiger partial charge in [-0.1, -0.05) is 17.7 Å². The molecule has 0 heterocycles. The molecule has 1 aliphatic carbocycles. The van der Waals surface area contributed by atoms with Crippen LogP contribution in [0.25, 0.3) is 0 Å². The average molecular weight is 376 g/mol. The van der Waals surface area contributed by atoms with E-state index in [0.717, 1.165) is 23.0 Å². The van der Waals surface area contributed by atoms with Gasteiger partial charge < -0.3 is 15.4 Å². The highest BCUT2D eigenvalue weighted by atomic mass is 79.9. The fourth-order valence-electron chi connectivity index (χ4n) is 2.16. The summed E-state index contributed by atoms with van der Waals surface area (Å²) in [6.45, 7) is 5.56. The largest absolute Gasteiger partial charge is 0.444 e. The maximum absolute atomic E-state index is 11.6. The molecule has 21 heavy (non-hydrogen) atoms. The molecule has 0 spiro atoms. The zero-order chi connectivity index (χ0) is 15.6. The Balaban J connectivity index is 1.77. The van der Waals surface area contributed by atoms with Gasteiger partial charge in [-0.15, -0.1) is 0 Å². The van der Waals surface area contributed by atoms with Crippen LogP contribution in [0.1, 0.15) is 33.6 Å². The quantitative estimate of drug-likeness (QED) is 0.813. The lowest BCUT2D eigenvalue weighted by molar-refractivity contribution is 0.0475. The van der Waals surface area contributed by atoms with Crippen molar-refractivity contribution in [2.45, 2.75) is 51.3 Å². The van der Waals surface area contributed by atoms with E-state index in [4.69, 9.17) is 16.3 Å². The first kappa shape index (κ1) is 16.4. The van der Waals surface area contributed by atoms with E-state index in [1.165, 1.54) is 0 Å². The number of rotatable bonds is 3. The van der Waals surface area contributed by atoms with Crippen LogP contribution in [0.2, 0.25) is 5.02 Å². The van der Waals surface area contributed by atoms with E-state index < -0.39 is 5.60 Å². The Morgan fingerprint density at radius 2 is 2.00 bits per heavy atom. The number of halogens is 2. The first-order valence-corrected chi connectivity index (χ1v) is 8.12. The van der Waals surface area contributed by atoms with Crippen molar-refractivity contribution in [1.82, 2.24) is 5.32 Å². The molecule has 4 nitrogen and oxygen atoms in total. The Kier molecular flexibility index (Phi) is 5.04. The summed E-state index contributed by atoms with van der Waals surface area (Å²) in [4.78, 5) is 11.6. The van der Waals surface area contributed by atoms with E-state index >= 15 is 0 Å². The molecule has 0 radical (unpaired) electrons. The van der Waals surface area contributed by atoms with Crippen LogP contribution >= 0.6 is 27.5 Å². The molecule has 2 N–H and O–H groups in total. The molecule has 0 atom stereocenters. The minimum Gasteiger partial charge on any atom is -0.444 e. The summed E-state index contributed by atoms with van der Waals surface area (Å²) < 4.78 is 6.11. The minimum absolute atomic E-state index is 0.156. The Labute approximate surface area is 138 Å². The van der Waals surface area contributed by atoms with Gasteiger partial charge in [0.2, 0.25) is 0 Å². The van der Waals surface area contributed by atoms with E-state index in [2.05, 4.69) is 26.6 Å². The normalized spacial score (nSPS) is 21.4. The second kappa shape index (κ2) is 6.44. The van der Waals surface area contributed by atoms with Crippen molar-refractivity contribution in [3.8, 4) is 0 Å². The Morgan fingerprint density at radius 3 is 2.62 bits per heavy atom. The van der Waals surface area contributed by atoms with Crippen LogP contribution in [0.15, 0.2) is 22.7 Å². The van der Waals surface area contributed by atoms with E-state index in [0.29, 0.717) is 11.1 Å². The first-order valence-electron chi connectivity index (χ1n) is 6.94. The lowest BCUT2D eigenvalue weighted by atomic mass is 9.86. The topological polar surface area (TPSA) is 50.4 Å². The van der Waals surface area contributed by atoms with Gasteiger partial charge in [-0.2, -0.15) is 0 Å². The summed E-state index contributed by atoms with van der Waals surface area (Å²) in [6, 6.07) is 6.26. The molecule has 0 bridgehead atoms. The number of benzene rings is 1. The van der Waals surface area contributed by atoms with Gasteiger partial charge in [0.05, 0.1) is 10.7 Å². The van der Waals surface area contributed by atoms with Gasteiger partial charge in [0.15, 0.2) is 0 Å². The Morgan fingerprint density at radius 1 is 1.33 bits per heavy atom. The lowest BCUT2D eigenvalue weighted by Gasteiger charge is -2.37. The second-order valence-electron chi connectivity index (χ2n) is 6.26. The summed E-state index contributed by atoms with van der Waals surface area (Å²) in [7, 11) is 0. The van der Waals surface area contributed by atoms with Crippen molar-refractivity contribution in [1.29, 1.82) is 0 Å². The highest BCUT2D eigenvalue weighted by Gasteiger charge is 2.31. The van der Waals surface area contributed by atoms with Crippen molar-refractivity contribution >= 4 is 39.3 Å². The van der Waals surface area contributed by atoms with Crippen LogP contribution in [0.3, 0.4) is 0 Å². The summed E-state index contributed by atoms with van der Waals surface area (Å²) >= 11 is 9.62. The maximum atomic E-state index is 11.6. The molecule has 1 aromatic rings. The van der Waals surface area contributed by atoms with Crippen molar-refractivity contribution in [3.63, 3.8) is 0 Å². The summed E-state index contributed by atoms with van der Waals surface area (Å²) in [5.41, 5.74) is 0.446. The Hall–Kier alpha value is -0.940. The van der Waals surface area contributed by atoms with Crippen LogP contribution in [0.4, 0.5) is 10.5 Å². The third-order valence-electron chi connectivity index (χ3n) is 3.17. The van der Waals surface area contributed by atoms with E-state index in [-0.39, 0.29) is 12.1 Å². The van der Waals surface area contributed by atoms with Gasteiger partial charge >= 0.3 is 6.09 Å². The number of anilines is 1. The van der Waals surface area contributed by atoms with E-state index in [9.17, 15) is 4.79 Å². The zero-order valence-electron chi connectivity index (χ0n) is 12.4. The van der Waals surface area contributed by atoms with Crippen molar-refractivity contribution in [3.05, 3.63) is 27.7 Å². The van der Waals surface area contributed by atoms with E-state index in [1.54, 1.807) is 0 Å². The Bertz CT molecular complexity index is 525. The molecule has 1 aromatic carbocycles. The molecule has 0 aromatic heterocycles. The fraction of sp³-hybridized carbons (Fsp3) is 0.533. The van der Waals surface area contributed by atoms with Gasteiger partial charge in [0.1, 0.15) is 5.60 Å². The molecule has 1 aliphatic rings. The SMILES string of the molecule is CC(C)(C)OC(=O)NC1CC(Nc2cccc(Br)c2Cl)C1. The summed E-state index contributed by atoms with van der Waals surface area (Å²) in [5, 5.41) is 6.94. The minimum atomic E-state index is -0.463. The lowest BCUT2D eigenvalue weighted by Crippen LogP contribution is -2.50. The molecule has 1 amide bonds. The highest BCUT2D eigenvalue weighted by molar-refractivity contribution is 9.10. The smallest absolute Gasteiger partial charge is 0.407 e. The number of amides is 1. The number of nitrogens with one attached hydrogen (secondary N) is 2. The van der Waals surface area contributed by atoms with Crippen LogP contribution < -0.4 is 10.6 Å². The molecule has 1 saturated carbocycles. The second-order valence-corrected chi connectivity index (χ2v) is 7.49. The number of carbonyl (C=O) groups excluding carboxylic acids is 1. The molecular weight excluding hydrogens is 356 g/mol. The maximum Gasteiger partial charge on any atom is 0.407 e. The molecule has 2 rings (SSSR count). The third-order valence-corrected chi connectivity index (χ3v) is 4.47. The molecule has 0 unspecified atom stereocenters. The number of carbonyl (C=O) groups is 1. The fourth-order valence-corrected chi connectivity index (χ4v) is 2.71. The van der Waals surface area contributed by atoms with Gasteiger partial charge in [-0.25, -0.2) is 4.79 Å². The molecule has 116 valence electrons. The summed E-state index contributed by atoms with van der Waals surface area (Å²) in [5.74, 6) is 0. The van der Waals surface area contributed by atoms with Crippen LogP contribution in [0, 0.1) is 0 Å². The van der Waals surface area contributed by atoms with Crippen molar-refractivity contribution < 1.29 is 9.53 Å². The highest BCUT2D eigenvalue weighted by Crippen LogP contribution is 2.33. The third kappa shape index (κ3) is 4.78. The standard InChI is InChI=1S/C15H20BrClN2O2/c1-15(2,3)21-14(20)19-10-7-9(8-10)18-12-6-4-5-11(16)13(12)17/h4-6,9-10,18H,7-8H2,1-3H3,(H,19,20). The predicted molar refractivity (Wildman–Crippen MR) is 89.0 cm³/mol. The van der Waals surface area contributed by atoms with Crippen molar-refractivity contribution in [2.24, 2.45) is 0 Å². The first-order chi connectivity index (χ1) is 9.74. The number of hydrogen-bond donors (Lipinski definition) is 2.